The molecule has 6 rings (SSSR count). The van der Waals surface area contributed by atoms with Crippen LogP contribution in [-0.2, 0) is 23.7 Å². The summed E-state index contributed by atoms with van der Waals surface area (Å²) in [5, 5.41) is 33.5. The highest BCUT2D eigenvalue weighted by Gasteiger charge is 2.67. The van der Waals surface area contributed by atoms with Crippen molar-refractivity contribution in [1.29, 1.82) is 0 Å². The molecule has 0 aromatic heterocycles. The molecular formula is C30H46O8. The van der Waals surface area contributed by atoms with Crippen LogP contribution in [0.3, 0.4) is 0 Å². The van der Waals surface area contributed by atoms with E-state index in [9.17, 15) is 20.1 Å². The molecular weight excluding hydrogens is 488 g/mol. The average Bonchev–Trinajstić information content (AvgIpc) is 3.42. The van der Waals surface area contributed by atoms with Crippen molar-refractivity contribution < 1.29 is 39.1 Å². The summed E-state index contributed by atoms with van der Waals surface area (Å²) < 4.78 is 22.8. The Morgan fingerprint density at radius 1 is 1.00 bits per heavy atom. The quantitative estimate of drug-likeness (QED) is 0.372. The first kappa shape index (κ1) is 27.2. The molecule has 13 atom stereocenters. The second-order valence-corrected chi connectivity index (χ2v) is 13.7. The van der Waals surface area contributed by atoms with Gasteiger partial charge in [0, 0.05) is 18.6 Å². The molecule has 0 radical (unpaired) electrons. The van der Waals surface area contributed by atoms with Gasteiger partial charge in [-0.2, -0.15) is 0 Å². The highest BCUT2D eigenvalue weighted by atomic mass is 16.7. The average molecular weight is 535 g/mol. The molecule has 6 aliphatic rings. The smallest absolute Gasteiger partial charge is 0.331 e. The van der Waals surface area contributed by atoms with E-state index in [1.165, 1.54) is 7.11 Å². The molecule has 13 unspecified atom stereocenters. The van der Waals surface area contributed by atoms with Gasteiger partial charge in [-0.3, -0.25) is 0 Å². The number of aliphatic hydroxyl groups is 3. The normalized spacial score (nSPS) is 54.5. The number of hydrogen-bond acceptors (Lipinski definition) is 8. The SMILES string of the molecule is COC1C(C)OC(OC2CCC3(C)C(CCC4C3CCC3(C)C(C5=CC(=O)OC5)CCC43O)C2)C(O)C1O. The van der Waals surface area contributed by atoms with E-state index in [4.69, 9.17) is 18.9 Å². The van der Waals surface area contributed by atoms with Crippen molar-refractivity contribution in [3.63, 3.8) is 0 Å². The number of rotatable bonds is 4. The number of fused-ring (bicyclic) bond motifs is 5. The predicted molar refractivity (Wildman–Crippen MR) is 138 cm³/mol. The lowest BCUT2D eigenvalue weighted by Crippen LogP contribution is -2.62. The number of aliphatic hydroxyl groups excluding tert-OH is 2. The molecule has 2 heterocycles. The van der Waals surface area contributed by atoms with Gasteiger partial charge in [-0.1, -0.05) is 13.8 Å². The van der Waals surface area contributed by atoms with Crippen LogP contribution in [0.25, 0.3) is 0 Å². The molecule has 1 saturated heterocycles. The first-order valence-electron chi connectivity index (χ1n) is 14.8. The fraction of sp³-hybridized carbons (Fsp3) is 0.900. The molecule has 0 bridgehead atoms. The van der Waals surface area contributed by atoms with Gasteiger partial charge in [0.1, 0.15) is 24.9 Å². The summed E-state index contributed by atoms with van der Waals surface area (Å²) in [5.41, 5.74) is 0.291. The predicted octanol–water partition coefficient (Wildman–Crippen LogP) is 3.11. The summed E-state index contributed by atoms with van der Waals surface area (Å²) in [6.07, 6.45) is 6.34. The highest BCUT2D eigenvalue weighted by Crippen LogP contribution is 2.70. The van der Waals surface area contributed by atoms with Crippen molar-refractivity contribution in [3.8, 4) is 0 Å². The summed E-state index contributed by atoms with van der Waals surface area (Å²) in [4.78, 5) is 11.8. The fourth-order valence-corrected chi connectivity index (χ4v) is 10.1. The van der Waals surface area contributed by atoms with Crippen LogP contribution in [0.5, 0.6) is 0 Å². The Morgan fingerprint density at radius 3 is 2.50 bits per heavy atom. The Hall–Kier alpha value is -1.03. The van der Waals surface area contributed by atoms with Gasteiger partial charge in [-0.05, 0) is 99.4 Å². The van der Waals surface area contributed by atoms with Crippen LogP contribution in [0.15, 0.2) is 11.6 Å². The van der Waals surface area contributed by atoms with Crippen LogP contribution in [-0.4, -0.2) is 77.4 Å². The molecule has 38 heavy (non-hydrogen) atoms. The lowest BCUT2D eigenvalue weighted by molar-refractivity contribution is -0.313. The zero-order chi connectivity index (χ0) is 27.0. The molecule has 8 heteroatoms. The third kappa shape index (κ3) is 3.88. The molecule has 0 aromatic carbocycles. The van der Waals surface area contributed by atoms with Crippen molar-refractivity contribution in [2.24, 2.45) is 34.5 Å². The van der Waals surface area contributed by atoms with Gasteiger partial charge in [0.2, 0.25) is 0 Å². The van der Waals surface area contributed by atoms with E-state index in [1.54, 1.807) is 6.08 Å². The molecule has 4 saturated carbocycles. The van der Waals surface area contributed by atoms with Gasteiger partial charge in [-0.25, -0.2) is 4.79 Å². The van der Waals surface area contributed by atoms with Gasteiger partial charge in [0.15, 0.2) is 6.29 Å². The van der Waals surface area contributed by atoms with Crippen molar-refractivity contribution in [2.75, 3.05) is 13.7 Å². The van der Waals surface area contributed by atoms with Gasteiger partial charge >= 0.3 is 5.97 Å². The topological polar surface area (TPSA) is 115 Å². The van der Waals surface area contributed by atoms with E-state index >= 15 is 0 Å². The van der Waals surface area contributed by atoms with Crippen molar-refractivity contribution in [3.05, 3.63) is 11.6 Å². The number of methoxy groups -OCH3 is 1. The van der Waals surface area contributed by atoms with E-state index in [2.05, 4.69) is 13.8 Å². The minimum absolute atomic E-state index is 0.0255. The maximum atomic E-state index is 12.4. The third-order valence-corrected chi connectivity index (χ3v) is 12.3. The Morgan fingerprint density at radius 2 is 1.79 bits per heavy atom. The molecule has 0 aromatic rings. The van der Waals surface area contributed by atoms with Gasteiger partial charge in [-0.15, -0.1) is 0 Å². The van der Waals surface area contributed by atoms with E-state index in [1.807, 2.05) is 6.92 Å². The first-order chi connectivity index (χ1) is 18.0. The van der Waals surface area contributed by atoms with Crippen molar-refractivity contribution >= 4 is 5.97 Å². The summed E-state index contributed by atoms with van der Waals surface area (Å²) >= 11 is 0. The standard InChI is InChI=1S/C30H46O8/c1-16-26(35-4)24(32)25(33)27(37-16)38-19-7-10-28(2)18(14-19)5-6-22-21(28)8-11-29(3)20(9-12-30(22,29)34)17-13-23(31)36-15-17/h13,16,18-22,24-27,32-34H,5-12,14-15H2,1-4H3. The third-order valence-electron chi connectivity index (χ3n) is 12.3. The number of esters is 1. The molecule has 3 N–H and O–H groups in total. The molecule has 4 aliphatic carbocycles. The second-order valence-electron chi connectivity index (χ2n) is 13.7. The van der Waals surface area contributed by atoms with Crippen LogP contribution >= 0.6 is 0 Å². The number of ether oxygens (including phenoxy) is 4. The van der Waals surface area contributed by atoms with Crippen LogP contribution in [0.4, 0.5) is 0 Å². The maximum Gasteiger partial charge on any atom is 0.331 e. The lowest BCUT2D eigenvalue weighted by Gasteiger charge is -2.64. The van der Waals surface area contributed by atoms with Gasteiger partial charge < -0.3 is 34.3 Å². The minimum Gasteiger partial charge on any atom is -0.458 e. The maximum absolute atomic E-state index is 12.4. The van der Waals surface area contributed by atoms with Crippen molar-refractivity contribution in [2.45, 2.75) is 121 Å². The summed E-state index contributed by atoms with van der Waals surface area (Å²) in [7, 11) is 1.51. The zero-order valence-corrected chi connectivity index (χ0v) is 23.3. The number of hydrogen-bond donors (Lipinski definition) is 3. The molecule has 0 amide bonds. The number of carbonyl (C=O) groups is 1. The fourth-order valence-electron chi connectivity index (χ4n) is 10.1. The van der Waals surface area contributed by atoms with Crippen LogP contribution in [0.1, 0.15) is 78.6 Å². The van der Waals surface area contributed by atoms with E-state index in [0.29, 0.717) is 18.4 Å². The number of carbonyl (C=O) groups excluding carboxylic acids is 1. The lowest BCUT2D eigenvalue weighted by atomic mass is 9.43. The first-order valence-corrected chi connectivity index (χ1v) is 14.8. The van der Waals surface area contributed by atoms with Gasteiger partial charge in [0.05, 0.1) is 17.8 Å². The van der Waals surface area contributed by atoms with Crippen LogP contribution in [0.2, 0.25) is 0 Å². The highest BCUT2D eigenvalue weighted by molar-refractivity contribution is 5.85. The largest absolute Gasteiger partial charge is 0.458 e. The minimum atomic E-state index is -1.14. The number of cyclic esters (lactones) is 1. The molecule has 0 spiro atoms. The Labute approximate surface area is 226 Å². The molecule has 214 valence electrons. The van der Waals surface area contributed by atoms with E-state index < -0.39 is 30.2 Å². The molecule has 2 aliphatic heterocycles. The van der Waals surface area contributed by atoms with Gasteiger partial charge in [0.25, 0.3) is 0 Å². The van der Waals surface area contributed by atoms with Crippen LogP contribution in [0, 0.1) is 34.5 Å². The molecule has 5 fully saturated rings. The van der Waals surface area contributed by atoms with E-state index in [-0.39, 0.29) is 40.8 Å². The summed E-state index contributed by atoms with van der Waals surface area (Å²) in [6.45, 7) is 6.92. The van der Waals surface area contributed by atoms with E-state index in [0.717, 1.165) is 63.4 Å². The zero-order valence-electron chi connectivity index (χ0n) is 23.3. The summed E-state index contributed by atoms with van der Waals surface area (Å²) in [6, 6.07) is 0. The Kier molecular flexibility index (Phi) is 6.80. The summed E-state index contributed by atoms with van der Waals surface area (Å²) in [5.74, 6) is 1.20. The second kappa shape index (κ2) is 9.52. The Bertz CT molecular complexity index is 968. The van der Waals surface area contributed by atoms with Crippen molar-refractivity contribution in [1.82, 2.24) is 0 Å². The molecule has 8 nitrogen and oxygen atoms in total. The van der Waals surface area contributed by atoms with Crippen LogP contribution < -0.4 is 0 Å². The monoisotopic (exact) mass is 534 g/mol. The Balaban J connectivity index is 1.15.